The summed E-state index contributed by atoms with van der Waals surface area (Å²) in [5.74, 6) is 0. The van der Waals surface area contributed by atoms with Crippen LogP contribution in [-0.4, -0.2) is 52.6 Å². The normalized spacial score (nSPS) is 19.9. The lowest BCUT2D eigenvalue weighted by atomic mass is 9.84. The van der Waals surface area contributed by atoms with Crippen LogP contribution in [-0.2, 0) is 22.9 Å². The summed E-state index contributed by atoms with van der Waals surface area (Å²) in [6.07, 6.45) is 2.29. The lowest BCUT2D eigenvalue weighted by Crippen LogP contribution is -2.45. The molecule has 1 saturated heterocycles. The molecule has 7 heteroatoms. The van der Waals surface area contributed by atoms with Gasteiger partial charge in [0.25, 0.3) is 0 Å². The molecule has 1 fully saturated rings. The van der Waals surface area contributed by atoms with Gasteiger partial charge in [0.05, 0.1) is 10.5 Å². The molecule has 0 bridgehead atoms. The van der Waals surface area contributed by atoms with Crippen molar-refractivity contribution in [2.24, 2.45) is 0 Å². The van der Waals surface area contributed by atoms with Crippen LogP contribution >= 0.6 is 0 Å². The highest BCUT2D eigenvalue weighted by Gasteiger charge is 2.29. The Balaban J connectivity index is 1.60. The first-order chi connectivity index (χ1) is 14.4. The topological polar surface area (TPSA) is 76.4 Å². The van der Waals surface area contributed by atoms with Crippen molar-refractivity contribution in [1.29, 1.82) is 5.26 Å². The molecule has 6 nitrogen and oxygen atoms in total. The van der Waals surface area contributed by atoms with Gasteiger partial charge in [-0.25, -0.2) is 13.1 Å². The number of aryl methyl sites for hydroxylation is 1. The maximum Gasteiger partial charge on any atom is 0.242 e. The third-order valence-electron chi connectivity index (χ3n) is 6.30. The van der Waals surface area contributed by atoms with Crippen molar-refractivity contribution < 1.29 is 8.42 Å². The van der Waals surface area contributed by atoms with Gasteiger partial charge in [-0.2, -0.15) is 5.26 Å². The summed E-state index contributed by atoms with van der Waals surface area (Å²) >= 11 is 0. The van der Waals surface area contributed by atoms with E-state index in [4.69, 9.17) is 0 Å². The minimum absolute atomic E-state index is 0.0573. The fraction of sp³-hybridized carbons (Fsp3) is 0.435. The molecule has 1 atom stereocenters. The largest absolute Gasteiger partial charge is 0.369 e. The molecule has 0 spiro atoms. The Labute approximate surface area is 179 Å². The Hall–Kier alpha value is -2.40. The zero-order chi connectivity index (χ0) is 21.3. The van der Waals surface area contributed by atoms with Gasteiger partial charge in [0, 0.05) is 37.9 Å². The zero-order valence-electron chi connectivity index (χ0n) is 17.6. The van der Waals surface area contributed by atoms with Gasteiger partial charge in [0.1, 0.15) is 6.07 Å². The fourth-order valence-corrected chi connectivity index (χ4v) is 5.99. The molecule has 0 unspecified atom stereocenters. The maximum absolute atomic E-state index is 13.0. The zero-order valence-corrected chi connectivity index (χ0v) is 18.4. The first kappa shape index (κ1) is 20.9. The van der Waals surface area contributed by atoms with Crippen LogP contribution in [0.2, 0.25) is 0 Å². The monoisotopic (exact) mass is 424 g/mol. The van der Waals surface area contributed by atoms with Crippen molar-refractivity contribution in [1.82, 2.24) is 9.62 Å². The molecule has 1 aliphatic carbocycles. The maximum atomic E-state index is 13.0. The molecule has 1 N–H and O–H groups in total. The van der Waals surface area contributed by atoms with E-state index in [9.17, 15) is 13.7 Å². The SMILES string of the molecule is Cc1ccc(N2CCN(C)CC2)c2c1CC[C@H](NS(=O)(=O)c1ccccc1C#N)C2. The Bertz CT molecular complexity index is 1080. The number of hydrogen-bond acceptors (Lipinski definition) is 5. The van der Waals surface area contributed by atoms with E-state index in [2.05, 4.69) is 40.6 Å². The minimum atomic E-state index is -3.75. The quantitative estimate of drug-likeness (QED) is 0.816. The molecular weight excluding hydrogens is 396 g/mol. The number of piperazine rings is 1. The summed E-state index contributed by atoms with van der Waals surface area (Å²) in [5, 5.41) is 9.30. The fourth-order valence-electron chi connectivity index (χ4n) is 4.56. The van der Waals surface area contributed by atoms with Crippen molar-refractivity contribution in [3.8, 4) is 6.07 Å². The smallest absolute Gasteiger partial charge is 0.242 e. The van der Waals surface area contributed by atoms with E-state index in [0.29, 0.717) is 6.42 Å². The van der Waals surface area contributed by atoms with Crippen LogP contribution in [0.25, 0.3) is 0 Å². The molecule has 1 heterocycles. The first-order valence-corrected chi connectivity index (χ1v) is 11.9. The highest BCUT2D eigenvalue weighted by atomic mass is 32.2. The predicted octanol–water partition coefficient (Wildman–Crippen LogP) is 2.45. The van der Waals surface area contributed by atoms with Crippen LogP contribution < -0.4 is 9.62 Å². The van der Waals surface area contributed by atoms with Gasteiger partial charge in [-0.1, -0.05) is 18.2 Å². The highest BCUT2D eigenvalue weighted by Crippen LogP contribution is 2.34. The van der Waals surface area contributed by atoms with Crippen molar-refractivity contribution >= 4 is 15.7 Å². The third kappa shape index (κ3) is 4.08. The van der Waals surface area contributed by atoms with Crippen molar-refractivity contribution in [2.75, 3.05) is 38.1 Å². The average Bonchev–Trinajstić information content (AvgIpc) is 2.74. The van der Waals surface area contributed by atoms with E-state index in [1.54, 1.807) is 18.2 Å². The van der Waals surface area contributed by atoms with Crippen LogP contribution in [0.1, 0.15) is 28.7 Å². The number of sulfonamides is 1. The molecule has 0 amide bonds. The van der Waals surface area contributed by atoms with Crippen LogP contribution in [0.5, 0.6) is 0 Å². The van der Waals surface area contributed by atoms with E-state index in [-0.39, 0.29) is 16.5 Å². The summed E-state index contributed by atoms with van der Waals surface area (Å²) in [4.78, 5) is 4.82. The number of rotatable bonds is 4. The standard InChI is InChI=1S/C23H28N4O2S/c1-17-7-10-22(27-13-11-26(2)12-14-27)21-15-19(8-9-20(17)21)25-30(28,29)23-6-4-3-5-18(23)16-24/h3-7,10,19,25H,8-9,11-15H2,1-2H3/t19-/m0/s1. The Morgan fingerprint density at radius 2 is 1.80 bits per heavy atom. The van der Waals surface area contributed by atoms with Gasteiger partial charge in [-0.3, -0.25) is 0 Å². The Morgan fingerprint density at radius 3 is 2.53 bits per heavy atom. The van der Waals surface area contributed by atoms with Crippen molar-refractivity contribution in [2.45, 2.75) is 37.1 Å². The second-order valence-electron chi connectivity index (χ2n) is 8.32. The number of fused-ring (bicyclic) bond motifs is 1. The predicted molar refractivity (Wildman–Crippen MR) is 118 cm³/mol. The summed E-state index contributed by atoms with van der Waals surface area (Å²) in [6, 6.07) is 12.6. The average molecular weight is 425 g/mol. The third-order valence-corrected chi connectivity index (χ3v) is 7.88. The molecule has 0 radical (unpaired) electrons. The van der Waals surface area contributed by atoms with E-state index in [0.717, 1.165) is 39.0 Å². The van der Waals surface area contributed by atoms with E-state index in [1.807, 2.05) is 6.07 Å². The van der Waals surface area contributed by atoms with E-state index >= 15 is 0 Å². The molecule has 158 valence electrons. The number of hydrogen-bond donors (Lipinski definition) is 1. The molecule has 2 aliphatic rings. The second-order valence-corrected chi connectivity index (χ2v) is 10.0. The van der Waals surface area contributed by atoms with Crippen LogP contribution in [0, 0.1) is 18.3 Å². The molecule has 0 aromatic heterocycles. The van der Waals surface area contributed by atoms with Crippen molar-refractivity contribution in [3.05, 3.63) is 58.7 Å². The number of nitriles is 1. The van der Waals surface area contributed by atoms with Crippen LogP contribution in [0.15, 0.2) is 41.3 Å². The molecule has 2 aromatic carbocycles. The van der Waals surface area contributed by atoms with Gasteiger partial charge in [0.2, 0.25) is 10.0 Å². The second kappa shape index (κ2) is 8.38. The number of nitrogens with zero attached hydrogens (tertiary/aromatic N) is 3. The summed E-state index contributed by atoms with van der Waals surface area (Å²) in [6.45, 7) is 6.17. The first-order valence-electron chi connectivity index (χ1n) is 10.5. The van der Waals surface area contributed by atoms with Gasteiger partial charge in [-0.15, -0.1) is 0 Å². The molecule has 1 aliphatic heterocycles. The molecule has 0 saturated carbocycles. The molecule has 2 aromatic rings. The summed E-state index contributed by atoms with van der Waals surface area (Å²) in [5.41, 5.74) is 5.32. The number of likely N-dealkylation sites (N-methyl/N-ethyl adjacent to an activating group) is 1. The molecule has 4 rings (SSSR count). The summed E-state index contributed by atoms with van der Waals surface area (Å²) in [7, 11) is -1.61. The van der Waals surface area contributed by atoms with E-state index in [1.165, 1.54) is 28.4 Å². The number of nitrogens with one attached hydrogen (secondary N) is 1. The van der Waals surface area contributed by atoms with Crippen molar-refractivity contribution in [3.63, 3.8) is 0 Å². The van der Waals surface area contributed by atoms with Crippen LogP contribution in [0.3, 0.4) is 0 Å². The minimum Gasteiger partial charge on any atom is -0.369 e. The van der Waals surface area contributed by atoms with Gasteiger partial charge in [-0.05, 0) is 68.1 Å². The van der Waals surface area contributed by atoms with Crippen LogP contribution in [0.4, 0.5) is 5.69 Å². The number of benzene rings is 2. The van der Waals surface area contributed by atoms with E-state index < -0.39 is 10.0 Å². The Kier molecular flexibility index (Phi) is 5.83. The van der Waals surface area contributed by atoms with Gasteiger partial charge >= 0.3 is 0 Å². The highest BCUT2D eigenvalue weighted by molar-refractivity contribution is 7.89. The van der Waals surface area contributed by atoms with Gasteiger partial charge in [0.15, 0.2) is 0 Å². The molecular formula is C23H28N4O2S. The summed E-state index contributed by atoms with van der Waals surface area (Å²) < 4.78 is 28.9. The van der Waals surface area contributed by atoms with Gasteiger partial charge < -0.3 is 9.80 Å². The molecule has 30 heavy (non-hydrogen) atoms. The lowest BCUT2D eigenvalue weighted by molar-refractivity contribution is 0.312. The lowest BCUT2D eigenvalue weighted by Gasteiger charge is -2.37. The number of anilines is 1. The Morgan fingerprint density at radius 1 is 1.07 bits per heavy atom.